The average molecular weight is 305 g/mol. The maximum Gasteiger partial charge on any atom is 0.281 e. The van der Waals surface area contributed by atoms with E-state index in [1.165, 1.54) is 0 Å². The maximum atomic E-state index is 12.6. The third-order valence-electron chi connectivity index (χ3n) is 4.27. The van der Waals surface area contributed by atoms with Crippen molar-refractivity contribution in [1.82, 2.24) is 8.61 Å². The number of hydrogen-bond acceptors (Lipinski definition) is 4. The van der Waals surface area contributed by atoms with E-state index in [1.54, 1.807) is 8.61 Å². The van der Waals surface area contributed by atoms with Gasteiger partial charge in [-0.1, -0.05) is 6.92 Å². The first-order chi connectivity index (χ1) is 9.54. The van der Waals surface area contributed by atoms with Crippen molar-refractivity contribution in [2.24, 2.45) is 11.7 Å². The van der Waals surface area contributed by atoms with Crippen LogP contribution in [0, 0.1) is 5.92 Å². The third kappa shape index (κ3) is 3.92. The SMILES string of the molecule is CC1CCN(S(=O)(=O)N2CCC(OCCN)CC2)CC1. The normalized spacial score (nSPS) is 25.1. The molecule has 7 heteroatoms. The first-order valence-corrected chi connectivity index (χ1v) is 9.00. The molecule has 2 aliphatic heterocycles. The van der Waals surface area contributed by atoms with Crippen molar-refractivity contribution in [3.05, 3.63) is 0 Å². The van der Waals surface area contributed by atoms with Crippen LogP contribution < -0.4 is 5.73 Å². The van der Waals surface area contributed by atoms with Gasteiger partial charge < -0.3 is 10.5 Å². The van der Waals surface area contributed by atoms with Gasteiger partial charge in [0.2, 0.25) is 0 Å². The number of ether oxygens (including phenoxy) is 1. The molecule has 2 saturated heterocycles. The minimum absolute atomic E-state index is 0.159. The molecule has 118 valence electrons. The second-order valence-electron chi connectivity index (χ2n) is 5.85. The van der Waals surface area contributed by atoms with E-state index in [9.17, 15) is 8.42 Å². The minimum Gasteiger partial charge on any atom is -0.377 e. The van der Waals surface area contributed by atoms with Crippen LogP contribution in [-0.2, 0) is 14.9 Å². The van der Waals surface area contributed by atoms with Gasteiger partial charge in [0.1, 0.15) is 0 Å². The minimum atomic E-state index is -3.27. The van der Waals surface area contributed by atoms with Gasteiger partial charge in [-0.15, -0.1) is 0 Å². The summed E-state index contributed by atoms with van der Waals surface area (Å²) >= 11 is 0. The molecule has 2 N–H and O–H groups in total. The summed E-state index contributed by atoms with van der Waals surface area (Å²) in [7, 11) is -3.27. The summed E-state index contributed by atoms with van der Waals surface area (Å²) in [5.41, 5.74) is 5.41. The Morgan fingerprint density at radius 2 is 1.55 bits per heavy atom. The lowest BCUT2D eigenvalue weighted by Crippen LogP contribution is -2.50. The summed E-state index contributed by atoms with van der Waals surface area (Å²) in [6.45, 7) is 5.70. The number of piperidine rings is 2. The van der Waals surface area contributed by atoms with Gasteiger partial charge in [0, 0.05) is 32.7 Å². The zero-order chi connectivity index (χ0) is 14.6. The molecule has 0 saturated carbocycles. The number of nitrogens with two attached hydrogens (primary N) is 1. The predicted octanol–water partition coefficient (Wildman–Crippen LogP) is 0.403. The highest BCUT2D eigenvalue weighted by Crippen LogP contribution is 2.23. The summed E-state index contributed by atoms with van der Waals surface area (Å²) < 4.78 is 34.0. The van der Waals surface area contributed by atoms with Gasteiger partial charge >= 0.3 is 0 Å². The zero-order valence-corrected chi connectivity index (χ0v) is 13.1. The topological polar surface area (TPSA) is 75.9 Å². The van der Waals surface area contributed by atoms with Gasteiger partial charge in [-0.05, 0) is 31.6 Å². The Labute approximate surface area is 122 Å². The first kappa shape index (κ1) is 16.2. The van der Waals surface area contributed by atoms with Crippen molar-refractivity contribution in [2.75, 3.05) is 39.3 Å². The standard InChI is InChI=1S/C13H27N3O3S/c1-12-2-7-15(8-3-12)20(17,18)16-9-4-13(5-10-16)19-11-6-14/h12-13H,2-11,14H2,1H3. The fourth-order valence-corrected chi connectivity index (χ4v) is 4.51. The summed E-state index contributed by atoms with van der Waals surface area (Å²) in [5, 5.41) is 0. The Morgan fingerprint density at radius 3 is 2.05 bits per heavy atom. The molecule has 0 aliphatic carbocycles. The number of nitrogens with zero attached hydrogens (tertiary/aromatic N) is 2. The predicted molar refractivity (Wildman–Crippen MR) is 78.5 cm³/mol. The molecular weight excluding hydrogens is 278 g/mol. The Balaban J connectivity index is 1.85. The monoisotopic (exact) mass is 305 g/mol. The molecule has 20 heavy (non-hydrogen) atoms. The highest BCUT2D eigenvalue weighted by atomic mass is 32.2. The summed E-state index contributed by atoms with van der Waals surface area (Å²) in [6.07, 6.45) is 3.63. The van der Waals surface area contributed by atoms with Gasteiger partial charge in [-0.3, -0.25) is 0 Å². The van der Waals surface area contributed by atoms with Crippen LogP contribution in [0.2, 0.25) is 0 Å². The van der Waals surface area contributed by atoms with E-state index >= 15 is 0 Å². The third-order valence-corrected chi connectivity index (χ3v) is 6.30. The quantitative estimate of drug-likeness (QED) is 0.798. The second kappa shape index (κ2) is 7.17. The van der Waals surface area contributed by atoms with Crippen LogP contribution in [0.3, 0.4) is 0 Å². The molecule has 6 nitrogen and oxygen atoms in total. The maximum absolute atomic E-state index is 12.6. The van der Waals surface area contributed by atoms with E-state index in [0.717, 1.165) is 25.7 Å². The van der Waals surface area contributed by atoms with Crippen LogP contribution in [0.4, 0.5) is 0 Å². The summed E-state index contributed by atoms with van der Waals surface area (Å²) in [4.78, 5) is 0. The van der Waals surface area contributed by atoms with Gasteiger partial charge in [-0.25, -0.2) is 0 Å². The molecule has 2 heterocycles. The van der Waals surface area contributed by atoms with Crippen LogP contribution in [0.5, 0.6) is 0 Å². The van der Waals surface area contributed by atoms with Crippen molar-refractivity contribution >= 4 is 10.2 Å². The average Bonchev–Trinajstić information content (AvgIpc) is 2.46. The molecule has 0 aromatic heterocycles. The van der Waals surface area contributed by atoms with Crippen molar-refractivity contribution in [1.29, 1.82) is 0 Å². The largest absolute Gasteiger partial charge is 0.377 e. The molecule has 0 amide bonds. The van der Waals surface area contributed by atoms with E-state index in [-0.39, 0.29) is 6.10 Å². The molecular formula is C13H27N3O3S. The molecule has 0 aromatic carbocycles. The number of hydrogen-bond donors (Lipinski definition) is 1. The van der Waals surface area contributed by atoms with E-state index in [2.05, 4.69) is 6.92 Å². The molecule has 2 fully saturated rings. The van der Waals surface area contributed by atoms with Crippen LogP contribution >= 0.6 is 0 Å². The van der Waals surface area contributed by atoms with E-state index < -0.39 is 10.2 Å². The molecule has 0 bridgehead atoms. The van der Waals surface area contributed by atoms with E-state index in [4.69, 9.17) is 10.5 Å². The molecule has 0 aromatic rings. The molecule has 0 unspecified atom stereocenters. The highest BCUT2D eigenvalue weighted by molar-refractivity contribution is 7.86. The molecule has 2 aliphatic rings. The Bertz CT molecular complexity index is 386. The fourth-order valence-electron chi connectivity index (χ4n) is 2.84. The van der Waals surface area contributed by atoms with Crippen molar-refractivity contribution in [3.8, 4) is 0 Å². The van der Waals surface area contributed by atoms with Crippen LogP contribution in [-0.4, -0.2) is 62.5 Å². The Morgan fingerprint density at radius 1 is 1.05 bits per heavy atom. The number of rotatable bonds is 5. The molecule has 0 radical (unpaired) electrons. The fraction of sp³-hybridized carbons (Fsp3) is 1.00. The Hall–Kier alpha value is -0.210. The van der Waals surface area contributed by atoms with Crippen molar-refractivity contribution in [2.45, 2.75) is 38.7 Å². The van der Waals surface area contributed by atoms with Crippen LogP contribution in [0.1, 0.15) is 32.6 Å². The van der Waals surface area contributed by atoms with E-state index in [0.29, 0.717) is 45.2 Å². The van der Waals surface area contributed by atoms with Gasteiger partial charge in [0.25, 0.3) is 10.2 Å². The Kier molecular flexibility index (Phi) is 5.80. The van der Waals surface area contributed by atoms with Gasteiger partial charge in [0.05, 0.1) is 12.7 Å². The first-order valence-electron chi connectivity index (χ1n) is 7.61. The van der Waals surface area contributed by atoms with Crippen LogP contribution in [0.25, 0.3) is 0 Å². The van der Waals surface area contributed by atoms with E-state index in [1.807, 2.05) is 0 Å². The summed E-state index contributed by atoms with van der Waals surface area (Å²) in [5.74, 6) is 0.636. The van der Waals surface area contributed by atoms with Gasteiger partial charge in [0.15, 0.2) is 0 Å². The molecule has 0 spiro atoms. The van der Waals surface area contributed by atoms with Crippen molar-refractivity contribution in [3.63, 3.8) is 0 Å². The smallest absolute Gasteiger partial charge is 0.281 e. The van der Waals surface area contributed by atoms with Gasteiger partial charge in [-0.2, -0.15) is 17.0 Å². The molecule has 0 atom stereocenters. The molecule has 2 rings (SSSR count). The lowest BCUT2D eigenvalue weighted by Gasteiger charge is -2.37. The highest BCUT2D eigenvalue weighted by Gasteiger charge is 2.34. The van der Waals surface area contributed by atoms with Crippen molar-refractivity contribution < 1.29 is 13.2 Å². The lowest BCUT2D eigenvalue weighted by molar-refractivity contribution is 0.0247. The second-order valence-corrected chi connectivity index (χ2v) is 7.78. The summed E-state index contributed by atoms with van der Waals surface area (Å²) in [6, 6.07) is 0. The lowest BCUT2D eigenvalue weighted by atomic mass is 10.0. The van der Waals surface area contributed by atoms with Crippen LogP contribution in [0.15, 0.2) is 0 Å². The zero-order valence-electron chi connectivity index (χ0n) is 12.3.